The number of rotatable bonds is 6. The molecule has 0 unspecified atom stereocenters. The van der Waals surface area contributed by atoms with Gasteiger partial charge in [-0.05, 0) is 22.0 Å². The average Bonchev–Trinajstić information content (AvgIpc) is 2.83. The van der Waals surface area contributed by atoms with Gasteiger partial charge in [0.1, 0.15) is 17.3 Å². The van der Waals surface area contributed by atoms with Crippen molar-refractivity contribution in [2.75, 3.05) is 11.8 Å². The number of nitrogens with one attached hydrogen (secondary N) is 1. The summed E-state index contributed by atoms with van der Waals surface area (Å²) in [6, 6.07) is 8.20. The standard InChI is InChI=1S/C13H14BrNO5S/c1-19-8-9-4-2-3-5-11(9)15-21(17,18)12-6-10(7-16)20-13(12)14/h2-6,15-16H,7-8H2,1H3. The summed E-state index contributed by atoms with van der Waals surface area (Å²) in [5.74, 6) is 0.160. The molecule has 1 heterocycles. The van der Waals surface area contributed by atoms with Crippen LogP contribution in [0.4, 0.5) is 5.69 Å². The zero-order chi connectivity index (χ0) is 15.5. The number of sulfonamides is 1. The van der Waals surface area contributed by atoms with Gasteiger partial charge in [0, 0.05) is 18.7 Å². The molecule has 0 aliphatic rings. The van der Waals surface area contributed by atoms with Gasteiger partial charge in [0.2, 0.25) is 0 Å². The minimum atomic E-state index is -3.83. The Hall–Kier alpha value is -1.35. The fourth-order valence-corrected chi connectivity index (χ4v) is 3.86. The van der Waals surface area contributed by atoms with Crippen LogP contribution in [-0.2, 0) is 28.0 Å². The third-order valence-electron chi connectivity index (χ3n) is 2.71. The first-order valence-corrected chi connectivity index (χ1v) is 8.24. The summed E-state index contributed by atoms with van der Waals surface area (Å²) in [6.07, 6.45) is 0. The molecule has 2 rings (SSSR count). The summed E-state index contributed by atoms with van der Waals surface area (Å²) in [7, 11) is -2.30. The number of ether oxygens (including phenoxy) is 1. The highest BCUT2D eigenvalue weighted by Crippen LogP contribution is 2.28. The molecule has 0 fully saturated rings. The zero-order valence-electron chi connectivity index (χ0n) is 11.2. The molecular formula is C13H14BrNO5S. The third-order valence-corrected chi connectivity index (χ3v) is 4.94. The molecule has 0 atom stereocenters. The van der Waals surface area contributed by atoms with Crippen molar-refractivity contribution in [3.63, 3.8) is 0 Å². The van der Waals surface area contributed by atoms with Crippen molar-refractivity contribution >= 4 is 31.6 Å². The first kappa shape index (κ1) is 16.0. The summed E-state index contributed by atoms with van der Waals surface area (Å²) in [6.45, 7) is -0.0957. The second-order valence-electron chi connectivity index (χ2n) is 4.20. The molecule has 0 aliphatic heterocycles. The summed E-state index contributed by atoms with van der Waals surface area (Å²) in [4.78, 5) is -0.0706. The number of aliphatic hydroxyl groups excluding tert-OH is 1. The molecule has 0 amide bonds. The highest BCUT2D eigenvalue weighted by molar-refractivity contribution is 9.10. The van der Waals surface area contributed by atoms with E-state index in [1.807, 2.05) is 0 Å². The zero-order valence-corrected chi connectivity index (χ0v) is 13.6. The molecule has 0 saturated heterocycles. The van der Waals surface area contributed by atoms with Gasteiger partial charge in [-0.15, -0.1) is 0 Å². The van der Waals surface area contributed by atoms with E-state index in [1.54, 1.807) is 24.3 Å². The van der Waals surface area contributed by atoms with Gasteiger partial charge in [-0.1, -0.05) is 18.2 Å². The van der Waals surface area contributed by atoms with Crippen molar-refractivity contribution < 1.29 is 22.7 Å². The van der Waals surface area contributed by atoms with Gasteiger partial charge in [-0.2, -0.15) is 0 Å². The van der Waals surface area contributed by atoms with Crippen molar-refractivity contribution in [2.24, 2.45) is 0 Å². The number of furan rings is 1. The Morgan fingerprint density at radius 1 is 1.38 bits per heavy atom. The van der Waals surface area contributed by atoms with E-state index in [0.717, 1.165) is 0 Å². The maximum Gasteiger partial charge on any atom is 0.266 e. The predicted molar refractivity (Wildman–Crippen MR) is 80.3 cm³/mol. The van der Waals surface area contributed by atoms with Crippen LogP contribution in [0.15, 0.2) is 44.3 Å². The van der Waals surface area contributed by atoms with E-state index in [2.05, 4.69) is 20.7 Å². The van der Waals surface area contributed by atoms with Crippen molar-refractivity contribution in [3.8, 4) is 0 Å². The number of methoxy groups -OCH3 is 1. The van der Waals surface area contributed by atoms with Crippen LogP contribution in [0.25, 0.3) is 0 Å². The fourth-order valence-electron chi connectivity index (χ4n) is 1.76. The molecule has 6 nitrogen and oxygen atoms in total. The largest absolute Gasteiger partial charge is 0.450 e. The number of halogens is 1. The van der Waals surface area contributed by atoms with Crippen LogP contribution in [0.1, 0.15) is 11.3 Å². The minimum absolute atomic E-state index is 0.0447. The van der Waals surface area contributed by atoms with Crippen molar-refractivity contribution in [2.45, 2.75) is 18.1 Å². The lowest BCUT2D eigenvalue weighted by molar-refractivity contribution is 0.185. The summed E-state index contributed by atoms with van der Waals surface area (Å²) in [5.41, 5.74) is 1.14. The van der Waals surface area contributed by atoms with Gasteiger partial charge >= 0.3 is 0 Å². The van der Waals surface area contributed by atoms with Gasteiger partial charge < -0.3 is 14.3 Å². The lowest BCUT2D eigenvalue weighted by Crippen LogP contribution is -2.14. The smallest absolute Gasteiger partial charge is 0.266 e. The summed E-state index contributed by atoms with van der Waals surface area (Å²) in [5, 5.41) is 9.00. The molecule has 21 heavy (non-hydrogen) atoms. The average molecular weight is 376 g/mol. The highest BCUT2D eigenvalue weighted by atomic mass is 79.9. The number of hydrogen-bond acceptors (Lipinski definition) is 5. The van der Waals surface area contributed by atoms with E-state index in [1.165, 1.54) is 13.2 Å². The van der Waals surface area contributed by atoms with E-state index >= 15 is 0 Å². The molecule has 0 aliphatic carbocycles. The molecule has 1 aromatic carbocycles. The second-order valence-corrected chi connectivity index (χ2v) is 6.58. The topological polar surface area (TPSA) is 88.8 Å². The van der Waals surface area contributed by atoms with E-state index < -0.39 is 10.0 Å². The van der Waals surface area contributed by atoms with Crippen LogP contribution in [0.2, 0.25) is 0 Å². The molecule has 114 valence electrons. The number of anilines is 1. The summed E-state index contributed by atoms with van der Waals surface area (Å²) < 4.78 is 37.4. The Morgan fingerprint density at radius 3 is 2.71 bits per heavy atom. The van der Waals surface area contributed by atoms with Crippen molar-refractivity contribution in [1.82, 2.24) is 0 Å². The van der Waals surface area contributed by atoms with E-state index in [-0.39, 0.29) is 28.5 Å². The molecular weight excluding hydrogens is 362 g/mol. The van der Waals surface area contributed by atoms with Gasteiger partial charge in [-0.25, -0.2) is 8.42 Å². The maximum absolute atomic E-state index is 12.4. The third kappa shape index (κ3) is 3.65. The van der Waals surface area contributed by atoms with E-state index in [0.29, 0.717) is 11.3 Å². The van der Waals surface area contributed by atoms with Crippen LogP contribution in [0.5, 0.6) is 0 Å². The van der Waals surface area contributed by atoms with Crippen molar-refractivity contribution in [1.29, 1.82) is 0 Å². The second kappa shape index (κ2) is 6.61. The first-order chi connectivity index (χ1) is 9.97. The van der Waals surface area contributed by atoms with Crippen LogP contribution < -0.4 is 4.72 Å². The maximum atomic E-state index is 12.4. The Labute approximate surface area is 130 Å². The minimum Gasteiger partial charge on any atom is -0.450 e. The van der Waals surface area contributed by atoms with Gasteiger partial charge in [0.05, 0.1) is 12.3 Å². The van der Waals surface area contributed by atoms with E-state index in [9.17, 15) is 8.42 Å². The van der Waals surface area contributed by atoms with Crippen LogP contribution in [0.3, 0.4) is 0 Å². The fraction of sp³-hybridized carbons (Fsp3) is 0.231. The van der Waals surface area contributed by atoms with Gasteiger partial charge in [-0.3, -0.25) is 4.72 Å². The molecule has 2 aromatic rings. The number of aliphatic hydroxyl groups is 1. The van der Waals surface area contributed by atoms with Crippen LogP contribution >= 0.6 is 15.9 Å². The Balaban J connectivity index is 2.35. The SMILES string of the molecule is COCc1ccccc1NS(=O)(=O)c1cc(CO)oc1Br. The molecule has 8 heteroatoms. The lowest BCUT2D eigenvalue weighted by Gasteiger charge is -2.11. The Morgan fingerprint density at radius 2 is 2.10 bits per heavy atom. The molecule has 0 spiro atoms. The summed E-state index contributed by atoms with van der Waals surface area (Å²) >= 11 is 3.03. The normalized spacial score (nSPS) is 11.6. The Kier molecular flexibility index (Phi) is 5.04. The van der Waals surface area contributed by atoms with Crippen molar-refractivity contribution in [3.05, 3.63) is 46.3 Å². The molecule has 0 saturated carbocycles. The van der Waals surface area contributed by atoms with Crippen LogP contribution in [0, 0.1) is 0 Å². The quantitative estimate of drug-likeness (QED) is 0.809. The van der Waals surface area contributed by atoms with Crippen LogP contribution in [-0.4, -0.2) is 20.6 Å². The lowest BCUT2D eigenvalue weighted by atomic mass is 10.2. The number of hydrogen-bond donors (Lipinski definition) is 2. The Bertz CT molecular complexity index is 726. The number of para-hydroxylation sites is 1. The van der Waals surface area contributed by atoms with Gasteiger partial charge in [0.15, 0.2) is 4.67 Å². The molecule has 0 radical (unpaired) electrons. The first-order valence-electron chi connectivity index (χ1n) is 5.96. The molecule has 0 bridgehead atoms. The predicted octanol–water partition coefficient (Wildman–Crippen LogP) is 2.48. The highest BCUT2D eigenvalue weighted by Gasteiger charge is 2.23. The van der Waals surface area contributed by atoms with E-state index in [4.69, 9.17) is 14.3 Å². The monoisotopic (exact) mass is 375 g/mol. The molecule has 1 aromatic heterocycles. The number of benzene rings is 1. The van der Waals surface area contributed by atoms with Gasteiger partial charge in [0.25, 0.3) is 10.0 Å². The molecule has 2 N–H and O–H groups in total.